The Morgan fingerprint density at radius 3 is 2.94 bits per heavy atom. The molecule has 0 aliphatic carbocycles. The first-order chi connectivity index (χ1) is 8.69. The van der Waals surface area contributed by atoms with E-state index in [2.05, 4.69) is 43.0 Å². The van der Waals surface area contributed by atoms with Gasteiger partial charge in [-0.25, -0.2) is 0 Å². The maximum Gasteiger partial charge on any atom is 0.161 e. The summed E-state index contributed by atoms with van der Waals surface area (Å²) in [6, 6.07) is 8.30. The lowest BCUT2D eigenvalue weighted by Crippen LogP contribution is -2.36. The Balaban J connectivity index is 2.16. The van der Waals surface area contributed by atoms with Gasteiger partial charge in [0.25, 0.3) is 0 Å². The SMILES string of the molecule is CCCN1CCC(=O)/C(=C/c2cccc(C)c2)C1. The van der Waals surface area contributed by atoms with Gasteiger partial charge in [0.2, 0.25) is 0 Å². The van der Waals surface area contributed by atoms with Crippen LogP contribution in [-0.2, 0) is 4.79 Å². The molecule has 0 saturated carbocycles. The number of rotatable bonds is 3. The zero-order valence-corrected chi connectivity index (χ0v) is 11.3. The Hall–Kier alpha value is -1.41. The number of hydrogen-bond donors (Lipinski definition) is 0. The topological polar surface area (TPSA) is 20.3 Å². The normalized spacial score (nSPS) is 19.4. The molecule has 0 amide bonds. The van der Waals surface area contributed by atoms with Gasteiger partial charge in [0.05, 0.1) is 0 Å². The quantitative estimate of drug-likeness (QED) is 0.760. The van der Waals surface area contributed by atoms with E-state index in [1.807, 2.05) is 6.07 Å². The average Bonchev–Trinajstić information content (AvgIpc) is 2.34. The van der Waals surface area contributed by atoms with Gasteiger partial charge in [0, 0.05) is 25.1 Å². The summed E-state index contributed by atoms with van der Waals surface area (Å²) < 4.78 is 0. The largest absolute Gasteiger partial charge is 0.299 e. The second kappa shape index (κ2) is 5.96. The predicted molar refractivity (Wildman–Crippen MR) is 75.5 cm³/mol. The van der Waals surface area contributed by atoms with Gasteiger partial charge in [-0.2, -0.15) is 0 Å². The minimum atomic E-state index is 0.309. The molecule has 2 nitrogen and oxygen atoms in total. The van der Waals surface area contributed by atoms with Gasteiger partial charge in [-0.3, -0.25) is 9.69 Å². The maximum atomic E-state index is 11.9. The molecule has 0 radical (unpaired) electrons. The molecule has 0 unspecified atom stereocenters. The monoisotopic (exact) mass is 243 g/mol. The molecule has 2 rings (SSSR count). The first-order valence-corrected chi connectivity index (χ1v) is 6.72. The van der Waals surface area contributed by atoms with Gasteiger partial charge in [0.1, 0.15) is 0 Å². The average molecular weight is 243 g/mol. The smallest absolute Gasteiger partial charge is 0.161 e. The second-order valence-electron chi connectivity index (χ2n) is 5.03. The van der Waals surface area contributed by atoms with Crippen molar-refractivity contribution in [3.63, 3.8) is 0 Å². The van der Waals surface area contributed by atoms with E-state index in [-0.39, 0.29) is 0 Å². The van der Waals surface area contributed by atoms with Gasteiger partial charge < -0.3 is 0 Å². The molecule has 1 saturated heterocycles. The molecule has 0 spiro atoms. The standard InChI is InChI=1S/C16H21NO/c1-3-8-17-9-7-16(18)15(12-17)11-14-6-4-5-13(2)10-14/h4-6,10-11H,3,7-9,12H2,1-2H3/b15-11+. The zero-order chi connectivity index (χ0) is 13.0. The molecular weight excluding hydrogens is 222 g/mol. The van der Waals surface area contributed by atoms with Crippen molar-refractivity contribution >= 4 is 11.9 Å². The third kappa shape index (κ3) is 3.30. The Labute approximate surface area is 109 Å². The number of nitrogens with zero attached hydrogens (tertiary/aromatic N) is 1. The molecule has 0 N–H and O–H groups in total. The molecule has 1 aromatic rings. The van der Waals surface area contributed by atoms with Crippen molar-refractivity contribution in [3.8, 4) is 0 Å². The number of ketones is 1. The van der Waals surface area contributed by atoms with Gasteiger partial charge in [-0.1, -0.05) is 36.8 Å². The van der Waals surface area contributed by atoms with Crippen molar-refractivity contribution in [1.82, 2.24) is 4.90 Å². The number of hydrogen-bond acceptors (Lipinski definition) is 2. The van der Waals surface area contributed by atoms with E-state index in [4.69, 9.17) is 0 Å². The van der Waals surface area contributed by atoms with E-state index in [0.29, 0.717) is 12.2 Å². The molecular formula is C16H21NO. The molecule has 18 heavy (non-hydrogen) atoms. The van der Waals surface area contributed by atoms with Crippen LogP contribution in [0.25, 0.3) is 6.08 Å². The summed E-state index contributed by atoms with van der Waals surface area (Å²) in [6.45, 7) is 7.06. The van der Waals surface area contributed by atoms with Crippen molar-refractivity contribution in [3.05, 3.63) is 41.0 Å². The summed E-state index contributed by atoms with van der Waals surface area (Å²) in [5, 5.41) is 0. The Morgan fingerprint density at radius 2 is 2.22 bits per heavy atom. The van der Waals surface area contributed by atoms with Crippen LogP contribution in [0.5, 0.6) is 0 Å². The zero-order valence-electron chi connectivity index (χ0n) is 11.3. The maximum absolute atomic E-state index is 11.9. The van der Waals surface area contributed by atoms with Crippen LogP contribution in [0.2, 0.25) is 0 Å². The fourth-order valence-corrected chi connectivity index (χ4v) is 2.42. The first-order valence-electron chi connectivity index (χ1n) is 6.72. The molecule has 2 heteroatoms. The van der Waals surface area contributed by atoms with E-state index < -0.39 is 0 Å². The van der Waals surface area contributed by atoms with Crippen molar-refractivity contribution in [2.24, 2.45) is 0 Å². The van der Waals surface area contributed by atoms with Crippen LogP contribution in [0.4, 0.5) is 0 Å². The number of carbonyl (C=O) groups is 1. The van der Waals surface area contributed by atoms with E-state index in [9.17, 15) is 4.79 Å². The van der Waals surface area contributed by atoms with E-state index in [1.165, 1.54) is 5.56 Å². The minimum absolute atomic E-state index is 0.309. The summed E-state index contributed by atoms with van der Waals surface area (Å²) in [5.74, 6) is 0.309. The summed E-state index contributed by atoms with van der Waals surface area (Å²) in [4.78, 5) is 14.3. The van der Waals surface area contributed by atoms with Crippen LogP contribution in [0.1, 0.15) is 30.9 Å². The van der Waals surface area contributed by atoms with Gasteiger partial charge in [0.15, 0.2) is 5.78 Å². The van der Waals surface area contributed by atoms with Crippen LogP contribution in [0, 0.1) is 6.92 Å². The van der Waals surface area contributed by atoms with E-state index in [1.54, 1.807) is 0 Å². The van der Waals surface area contributed by atoms with Gasteiger partial charge in [-0.15, -0.1) is 0 Å². The molecule has 96 valence electrons. The fourth-order valence-electron chi connectivity index (χ4n) is 2.42. The van der Waals surface area contributed by atoms with Crippen molar-refractivity contribution in [2.45, 2.75) is 26.7 Å². The molecule has 1 aliphatic rings. The summed E-state index contributed by atoms with van der Waals surface area (Å²) >= 11 is 0. The lowest BCUT2D eigenvalue weighted by molar-refractivity contribution is -0.117. The Kier molecular flexibility index (Phi) is 4.32. The lowest BCUT2D eigenvalue weighted by Gasteiger charge is -2.27. The highest BCUT2D eigenvalue weighted by molar-refractivity contribution is 6.00. The number of carbonyl (C=O) groups excluding carboxylic acids is 1. The predicted octanol–water partition coefficient (Wildman–Crippen LogP) is 3.06. The van der Waals surface area contributed by atoms with Crippen molar-refractivity contribution in [1.29, 1.82) is 0 Å². The number of benzene rings is 1. The van der Waals surface area contributed by atoms with Crippen LogP contribution in [0.3, 0.4) is 0 Å². The number of piperidine rings is 1. The van der Waals surface area contributed by atoms with Crippen LogP contribution in [0.15, 0.2) is 29.8 Å². The van der Waals surface area contributed by atoms with Crippen molar-refractivity contribution < 1.29 is 4.79 Å². The summed E-state index contributed by atoms with van der Waals surface area (Å²) in [6.07, 6.45) is 3.86. The summed E-state index contributed by atoms with van der Waals surface area (Å²) in [7, 11) is 0. The van der Waals surface area contributed by atoms with Gasteiger partial charge in [-0.05, 0) is 31.5 Å². The lowest BCUT2D eigenvalue weighted by atomic mass is 9.99. The molecule has 1 aromatic carbocycles. The van der Waals surface area contributed by atoms with Crippen molar-refractivity contribution in [2.75, 3.05) is 19.6 Å². The molecule has 0 bridgehead atoms. The first kappa shape index (κ1) is 13.0. The molecule has 1 fully saturated rings. The number of aryl methyl sites for hydroxylation is 1. The Bertz CT molecular complexity index is 462. The highest BCUT2D eigenvalue weighted by atomic mass is 16.1. The van der Waals surface area contributed by atoms with Crippen LogP contribution >= 0.6 is 0 Å². The molecule has 1 aliphatic heterocycles. The highest BCUT2D eigenvalue weighted by Crippen LogP contribution is 2.16. The minimum Gasteiger partial charge on any atom is -0.299 e. The highest BCUT2D eigenvalue weighted by Gasteiger charge is 2.20. The third-order valence-electron chi connectivity index (χ3n) is 3.33. The number of Topliss-reactive ketones (excluding diaryl/α,β-unsaturated/α-hetero) is 1. The Morgan fingerprint density at radius 1 is 1.39 bits per heavy atom. The fraction of sp³-hybridized carbons (Fsp3) is 0.438. The van der Waals surface area contributed by atoms with Crippen LogP contribution < -0.4 is 0 Å². The second-order valence-corrected chi connectivity index (χ2v) is 5.03. The molecule has 1 heterocycles. The van der Waals surface area contributed by atoms with E-state index >= 15 is 0 Å². The van der Waals surface area contributed by atoms with Crippen LogP contribution in [-0.4, -0.2) is 30.3 Å². The number of likely N-dealkylation sites (tertiary alicyclic amines) is 1. The third-order valence-corrected chi connectivity index (χ3v) is 3.33. The molecule has 0 aromatic heterocycles. The van der Waals surface area contributed by atoms with E-state index in [0.717, 1.165) is 37.2 Å². The molecule has 0 atom stereocenters. The van der Waals surface area contributed by atoms with Gasteiger partial charge >= 0.3 is 0 Å². The summed E-state index contributed by atoms with van der Waals surface area (Å²) in [5.41, 5.74) is 3.33.